The molecule has 0 bridgehead atoms. The van der Waals surface area contributed by atoms with Crippen molar-refractivity contribution < 1.29 is 5.11 Å². The molecule has 1 aliphatic rings. The monoisotopic (exact) mass is 300 g/mol. The lowest BCUT2D eigenvalue weighted by Crippen LogP contribution is -2.07. The second-order valence-corrected chi connectivity index (χ2v) is 6.21. The van der Waals surface area contributed by atoms with Crippen LogP contribution >= 0.6 is 0 Å². The highest BCUT2D eigenvalue weighted by Gasteiger charge is 2.21. The minimum Gasteiger partial charge on any atom is -0.507 e. The summed E-state index contributed by atoms with van der Waals surface area (Å²) >= 11 is 0. The number of phenolic OH excluding ortho intramolecular Hbond substituents is 1. The summed E-state index contributed by atoms with van der Waals surface area (Å²) in [5.74, 6) is 0.399. The smallest absolute Gasteiger partial charge is 0.124 e. The lowest BCUT2D eigenvalue weighted by Gasteiger charge is -2.24. The van der Waals surface area contributed by atoms with E-state index in [1.807, 2.05) is 30.3 Å². The van der Waals surface area contributed by atoms with E-state index in [0.29, 0.717) is 5.75 Å². The first-order chi connectivity index (χ1) is 11.3. The predicted octanol–water partition coefficient (Wildman–Crippen LogP) is 5.61. The Kier molecular flexibility index (Phi) is 3.63. The van der Waals surface area contributed by atoms with Gasteiger partial charge in [-0.15, -0.1) is 0 Å². The van der Waals surface area contributed by atoms with Gasteiger partial charge in [0.15, 0.2) is 0 Å². The quantitative estimate of drug-likeness (QED) is 0.652. The van der Waals surface area contributed by atoms with E-state index in [-0.39, 0.29) is 0 Å². The molecular formula is C22H20O. The highest BCUT2D eigenvalue weighted by atomic mass is 16.3. The van der Waals surface area contributed by atoms with Crippen molar-refractivity contribution in [2.45, 2.75) is 25.7 Å². The van der Waals surface area contributed by atoms with Crippen LogP contribution in [0.4, 0.5) is 0 Å². The van der Waals surface area contributed by atoms with Gasteiger partial charge >= 0.3 is 0 Å². The minimum atomic E-state index is 0.399. The summed E-state index contributed by atoms with van der Waals surface area (Å²) < 4.78 is 0. The van der Waals surface area contributed by atoms with Gasteiger partial charge in [-0.3, -0.25) is 0 Å². The number of phenols is 1. The van der Waals surface area contributed by atoms with E-state index in [4.69, 9.17) is 0 Å². The number of aromatic hydroxyl groups is 1. The zero-order chi connectivity index (χ0) is 15.6. The lowest BCUT2D eigenvalue weighted by atomic mass is 9.81. The Labute approximate surface area is 137 Å². The van der Waals surface area contributed by atoms with Gasteiger partial charge in [0.1, 0.15) is 5.75 Å². The van der Waals surface area contributed by atoms with E-state index in [2.05, 4.69) is 36.4 Å². The predicted molar refractivity (Wildman–Crippen MR) is 95.6 cm³/mol. The lowest BCUT2D eigenvalue weighted by molar-refractivity contribution is 0.476. The minimum absolute atomic E-state index is 0.399. The summed E-state index contributed by atoms with van der Waals surface area (Å²) in [7, 11) is 0. The Hall–Kier alpha value is -2.54. The average Bonchev–Trinajstić information content (AvgIpc) is 2.62. The van der Waals surface area contributed by atoms with Crippen LogP contribution in [-0.2, 0) is 12.8 Å². The standard InChI is InChI=1S/C22H20O/c23-21-15-20(16-9-3-1-4-10-16)18-13-7-8-14-19(18)22(21)17-11-5-2-6-12-17/h1-6,9-12,15,23H,7-8,13-14H2. The van der Waals surface area contributed by atoms with Crippen LogP contribution in [0.25, 0.3) is 22.3 Å². The molecule has 0 aliphatic heterocycles. The summed E-state index contributed by atoms with van der Waals surface area (Å²) in [5.41, 5.74) is 7.28. The van der Waals surface area contributed by atoms with Crippen molar-refractivity contribution >= 4 is 0 Å². The van der Waals surface area contributed by atoms with E-state index < -0.39 is 0 Å². The molecule has 1 aliphatic carbocycles. The van der Waals surface area contributed by atoms with Crippen LogP contribution in [0.3, 0.4) is 0 Å². The van der Waals surface area contributed by atoms with E-state index >= 15 is 0 Å². The summed E-state index contributed by atoms with van der Waals surface area (Å²) in [6.45, 7) is 0. The Morgan fingerprint density at radius 3 is 1.87 bits per heavy atom. The Balaban J connectivity index is 1.97. The summed E-state index contributed by atoms with van der Waals surface area (Å²) in [6, 6.07) is 22.7. The normalized spacial score (nSPS) is 13.6. The van der Waals surface area contributed by atoms with Crippen molar-refractivity contribution in [3.05, 3.63) is 77.9 Å². The molecule has 0 atom stereocenters. The van der Waals surface area contributed by atoms with Crippen molar-refractivity contribution in [1.82, 2.24) is 0 Å². The van der Waals surface area contributed by atoms with Crippen LogP contribution in [-0.4, -0.2) is 5.11 Å². The second-order valence-electron chi connectivity index (χ2n) is 6.21. The highest BCUT2D eigenvalue weighted by molar-refractivity contribution is 5.82. The summed E-state index contributed by atoms with van der Waals surface area (Å²) in [5, 5.41) is 10.8. The maximum atomic E-state index is 10.8. The molecule has 0 fully saturated rings. The van der Waals surface area contributed by atoms with Crippen molar-refractivity contribution in [2.24, 2.45) is 0 Å². The van der Waals surface area contributed by atoms with Gasteiger partial charge in [0.05, 0.1) is 0 Å². The molecule has 0 aromatic heterocycles. The van der Waals surface area contributed by atoms with E-state index in [0.717, 1.165) is 24.0 Å². The third-order valence-corrected chi connectivity index (χ3v) is 4.78. The first-order valence-electron chi connectivity index (χ1n) is 8.33. The van der Waals surface area contributed by atoms with Crippen molar-refractivity contribution in [1.29, 1.82) is 0 Å². The zero-order valence-corrected chi connectivity index (χ0v) is 13.1. The fourth-order valence-electron chi connectivity index (χ4n) is 3.73. The molecule has 23 heavy (non-hydrogen) atoms. The van der Waals surface area contributed by atoms with Crippen LogP contribution in [0.1, 0.15) is 24.0 Å². The van der Waals surface area contributed by atoms with Crippen LogP contribution in [0.2, 0.25) is 0 Å². The molecule has 1 heteroatoms. The van der Waals surface area contributed by atoms with Gasteiger partial charge in [0.25, 0.3) is 0 Å². The summed E-state index contributed by atoms with van der Waals surface area (Å²) in [4.78, 5) is 0. The number of fused-ring (bicyclic) bond motifs is 1. The van der Waals surface area contributed by atoms with E-state index in [1.54, 1.807) is 0 Å². The maximum Gasteiger partial charge on any atom is 0.124 e. The van der Waals surface area contributed by atoms with Crippen LogP contribution in [0, 0.1) is 0 Å². The molecule has 0 heterocycles. The average molecular weight is 300 g/mol. The van der Waals surface area contributed by atoms with Gasteiger partial charge < -0.3 is 5.11 Å². The van der Waals surface area contributed by atoms with E-state index in [9.17, 15) is 5.11 Å². The first kappa shape index (κ1) is 14.1. The van der Waals surface area contributed by atoms with Gasteiger partial charge in [-0.25, -0.2) is 0 Å². The molecule has 114 valence electrons. The maximum absolute atomic E-state index is 10.8. The molecule has 0 saturated heterocycles. The first-order valence-corrected chi connectivity index (χ1v) is 8.33. The molecule has 0 unspecified atom stereocenters. The molecule has 3 aromatic carbocycles. The Morgan fingerprint density at radius 1 is 0.652 bits per heavy atom. The van der Waals surface area contributed by atoms with Gasteiger partial charge in [0.2, 0.25) is 0 Å². The molecule has 1 nitrogen and oxygen atoms in total. The highest BCUT2D eigenvalue weighted by Crippen LogP contribution is 2.43. The van der Waals surface area contributed by atoms with E-state index in [1.165, 1.54) is 35.1 Å². The number of hydrogen-bond donors (Lipinski definition) is 1. The summed E-state index contributed by atoms with van der Waals surface area (Å²) in [6.07, 6.45) is 4.57. The third-order valence-electron chi connectivity index (χ3n) is 4.78. The number of benzene rings is 3. The number of hydrogen-bond acceptors (Lipinski definition) is 1. The Morgan fingerprint density at radius 2 is 1.22 bits per heavy atom. The fourth-order valence-corrected chi connectivity index (χ4v) is 3.73. The Bertz CT molecular complexity index is 820. The topological polar surface area (TPSA) is 20.2 Å². The second kappa shape index (κ2) is 5.92. The van der Waals surface area contributed by atoms with Crippen molar-refractivity contribution in [3.63, 3.8) is 0 Å². The van der Waals surface area contributed by atoms with Crippen LogP contribution in [0.5, 0.6) is 5.75 Å². The largest absolute Gasteiger partial charge is 0.507 e. The van der Waals surface area contributed by atoms with Gasteiger partial charge in [0, 0.05) is 5.56 Å². The third kappa shape index (κ3) is 2.53. The zero-order valence-electron chi connectivity index (χ0n) is 13.1. The van der Waals surface area contributed by atoms with Gasteiger partial charge in [-0.05, 0) is 59.6 Å². The molecule has 0 amide bonds. The molecule has 4 rings (SSSR count). The molecule has 0 radical (unpaired) electrons. The molecule has 1 N–H and O–H groups in total. The molecular weight excluding hydrogens is 280 g/mol. The molecule has 0 saturated carbocycles. The molecule has 0 spiro atoms. The van der Waals surface area contributed by atoms with Crippen molar-refractivity contribution in [2.75, 3.05) is 0 Å². The van der Waals surface area contributed by atoms with Gasteiger partial charge in [-0.2, -0.15) is 0 Å². The molecule has 3 aromatic rings. The fraction of sp³-hybridized carbons (Fsp3) is 0.182. The van der Waals surface area contributed by atoms with Crippen LogP contribution in [0.15, 0.2) is 66.7 Å². The van der Waals surface area contributed by atoms with Crippen LogP contribution < -0.4 is 0 Å². The van der Waals surface area contributed by atoms with Crippen molar-refractivity contribution in [3.8, 4) is 28.0 Å². The van der Waals surface area contributed by atoms with Gasteiger partial charge in [-0.1, -0.05) is 60.7 Å². The SMILES string of the molecule is Oc1cc(-c2ccccc2)c2c(c1-c1ccccc1)CCCC2. The number of rotatable bonds is 2.